The second-order valence-electron chi connectivity index (χ2n) is 8.25. The van der Waals surface area contributed by atoms with Crippen LogP contribution in [0, 0.1) is 11.8 Å². The smallest absolute Gasteiger partial charge is 0.250 e. The van der Waals surface area contributed by atoms with Crippen LogP contribution in [0.3, 0.4) is 0 Å². The Morgan fingerprint density at radius 3 is 2.47 bits per heavy atom. The molecule has 3 aromatic rings. The van der Waals surface area contributed by atoms with Gasteiger partial charge in [0.25, 0.3) is 0 Å². The van der Waals surface area contributed by atoms with E-state index in [1.807, 2.05) is 67.6 Å². The first-order chi connectivity index (χ1) is 14.5. The number of para-hydroxylation sites is 1. The van der Waals surface area contributed by atoms with Crippen LogP contribution in [0.4, 0.5) is 11.4 Å². The van der Waals surface area contributed by atoms with Crippen LogP contribution in [0.1, 0.15) is 12.5 Å². The molecule has 6 rings (SSSR count). The molecule has 6 heteroatoms. The summed E-state index contributed by atoms with van der Waals surface area (Å²) in [5.74, 6) is -2.25. The SMILES string of the molecule is C[C@@H]1N[C@@]2(C(=O)Nc3ccccc32)[C@@H]2C(=O)N(c3cccc4ccccc34)C(=O)[C@H]12. The van der Waals surface area contributed by atoms with Crippen molar-refractivity contribution in [2.75, 3.05) is 10.2 Å². The summed E-state index contributed by atoms with van der Waals surface area (Å²) in [6.07, 6.45) is 0. The van der Waals surface area contributed by atoms with E-state index in [0.717, 1.165) is 16.3 Å². The van der Waals surface area contributed by atoms with Gasteiger partial charge in [0, 0.05) is 22.7 Å². The number of carbonyl (C=O) groups excluding carboxylic acids is 3. The quantitative estimate of drug-likeness (QED) is 0.619. The van der Waals surface area contributed by atoms with E-state index in [-0.39, 0.29) is 23.8 Å². The number of benzene rings is 3. The zero-order valence-corrected chi connectivity index (χ0v) is 16.3. The lowest BCUT2D eigenvalue weighted by molar-refractivity contribution is -0.130. The molecular formula is C24H19N3O3. The lowest BCUT2D eigenvalue weighted by Crippen LogP contribution is -2.53. The molecule has 3 aromatic carbocycles. The van der Waals surface area contributed by atoms with Gasteiger partial charge in [-0.05, 0) is 24.4 Å². The minimum Gasteiger partial charge on any atom is -0.324 e. The fraction of sp³-hybridized carbons (Fsp3) is 0.208. The average Bonchev–Trinajstić information content (AvgIpc) is 3.32. The molecule has 0 aliphatic carbocycles. The van der Waals surface area contributed by atoms with E-state index in [4.69, 9.17) is 0 Å². The van der Waals surface area contributed by atoms with E-state index in [1.165, 1.54) is 4.90 Å². The second-order valence-corrected chi connectivity index (χ2v) is 8.25. The van der Waals surface area contributed by atoms with Gasteiger partial charge in [-0.1, -0.05) is 54.6 Å². The molecular weight excluding hydrogens is 378 g/mol. The van der Waals surface area contributed by atoms with Gasteiger partial charge in [0.1, 0.15) is 5.54 Å². The van der Waals surface area contributed by atoms with Crippen molar-refractivity contribution in [1.29, 1.82) is 0 Å². The third kappa shape index (κ3) is 1.94. The van der Waals surface area contributed by atoms with Crippen molar-refractivity contribution in [3.8, 4) is 0 Å². The van der Waals surface area contributed by atoms with Gasteiger partial charge in [-0.25, -0.2) is 4.90 Å². The van der Waals surface area contributed by atoms with Gasteiger partial charge in [-0.15, -0.1) is 0 Å². The van der Waals surface area contributed by atoms with Crippen molar-refractivity contribution in [3.05, 3.63) is 72.3 Å². The number of anilines is 2. The van der Waals surface area contributed by atoms with Crippen molar-refractivity contribution in [2.45, 2.75) is 18.5 Å². The molecule has 3 heterocycles. The van der Waals surface area contributed by atoms with Crippen molar-refractivity contribution in [1.82, 2.24) is 5.32 Å². The molecule has 3 amide bonds. The maximum Gasteiger partial charge on any atom is 0.250 e. The lowest BCUT2D eigenvalue weighted by Gasteiger charge is -2.29. The number of nitrogens with one attached hydrogen (secondary N) is 2. The maximum absolute atomic E-state index is 13.8. The van der Waals surface area contributed by atoms with E-state index >= 15 is 0 Å². The zero-order chi connectivity index (χ0) is 20.6. The molecule has 3 aliphatic rings. The Balaban J connectivity index is 1.54. The van der Waals surface area contributed by atoms with Gasteiger partial charge in [-0.3, -0.25) is 19.7 Å². The Morgan fingerprint density at radius 2 is 1.60 bits per heavy atom. The number of hydrogen-bond acceptors (Lipinski definition) is 4. The molecule has 3 aliphatic heterocycles. The predicted octanol–water partition coefficient (Wildman–Crippen LogP) is 2.78. The van der Waals surface area contributed by atoms with E-state index in [2.05, 4.69) is 10.6 Å². The van der Waals surface area contributed by atoms with Crippen molar-refractivity contribution >= 4 is 39.9 Å². The highest BCUT2D eigenvalue weighted by atomic mass is 16.2. The number of nitrogens with zero attached hydrogens (tertiary/aromatic N) is 1. The first-order valence-electron chi connectivity index (χ1n) is 10.1. The summed E-state index contributed by atoms with van der Waals surface area (Å²) in [6.45, 7) is 1.87. The zero-order valence-electron chi connectivity index (χ0n) is 16.3. The Hall–Kier alpha value is -3.51. The summed E-state index contributed by atoms with van der Waals surface area (Å²) < 4.78 is 0. The Bertz CT molecular complexity index is 1260. The number of hydrogen-bond donors (Lipinski definition) is 2. The van der Waals surface area contributed by atoms with Crippen LogP contribution >= 0.6 is 0 Å². The Kier molecular flexibility index (Phi) is 3.34. The summed E-state index contributed by atoms with van der Waals surface area (Å²) in [6, 6.07) is 20.3. The van der Waals surface area contributed by atoms with Crippen LogP contribution in [-0.4, -0.2) is 23.8 Å². The minimum absolute atomic E-state index is 0.254. The molecule has 30 heavy (non-hydrogen) atoms. The Morgan fingerprint density at radius 1 is 0.867 bits per heavy atom. The van der Waals surface area contributed by atoms with Crippen LogP contribution in [0.5, 0.6) is 0 Å². The van der Waals surface area contributed by atoms with E-state index in [9.17, 15) is 14.4 Å². The second kappa shape index (κ2) is 5.77. The normalized spacial score (nSPS) is 29.6. The number of rotatable bonds is 1. The van der Waals surface area contributed by atoms with Crippen LogP contribution in [0.2, 0.25) is 0 Å². The summed E-state index contributed by atoms with van der Waals surface area (Å²) in [4.78, 5) is 41.8. The topological polar surface area (TPSA) is 78.5 Å². The first kappa shape index (κ1) is 17.4. The molecule has 2 fully saturated rings. The summed E-state index contributed by atoms with van der Waals surface area (Å²) in [7, 11) is 0. The molecule has 6 nitrogen and oxygen atoms in total. The van der Waals surface area contributed by atoms with Gasteiger partial charge in [0.15, 0.2) is 0 Å². The lowest BCUT2D eigenvalue weighted by atomic mass is 9.76. The first-order valence-corrected chi connectivity index (χ1v) is 10.1. The highest BCUT2D eigenvalue weighted by Gasteiger charge is 2.69. The fourth-order valence-electron chi connectivity index (χ4n) is 5.56. The maximum atomic E-state index is 13.8. The fourth-order valence-corrected chi connectivity index (χ4v) is 5.56. The van der Waals surface area contributed by atoms with Gasteiger partial charge < -0.3 is 5.32 Å². The van der Waals surface area contributed by atoms with Crippen LogP contribution < -0.4 is 15.5 Å². The standard InChI is InChI=1S/C24H19N3O3/c1-13-19-20(24(26-13)16-10-4-5-11-17(16)25-23(24)30)22(29)27(21(19)28)18-12-6-8-14-7-2-3-9-15(14)18/h2-13,19-20,26H,1H3,(H,25,30)/t13-,19+,20-,24+/m0/s1. The molecule has 4 atom stereocenters. The predicted molar refractivity (Wildman–Crippen MR) is 113 cm³/mol. The third-order valence-corrected chi connectivity index (χ3v) is 6.78. The summed E-state index contributed by atoms with van der Waals surface area (Å²) >= 11 is 0. The number of fused-ring (bicyclic) bond motifs is 5. The van der Waals surface area contributed by atoms with Gasteiger partial charge in [-0.2, -0.15) is 0 Å². The molecule has 0 bridgehead atoms. The van der Waals surface area contributed by atoms with E-state index < -0.39 is 17.4 Å². The van der Waals surface area contributed by atoms with Crippen LogP contribution in [0.15, 0.2) is 66.7 Å². The molecule has 148 valence electrons. The number of amides is 3. The van der Waals surface area contributed by atoms with Gasteiger partial charge in [0.05, 0.1) is 17.5 Å². The van der Waals surface area contributed by atoms with E-state index in [1.54, 1.807) is 6.07 Å². The number of imide groups is 1. The number of carbonyl (C=O) groups is 3. The van der Waals surface area contributed by atoms with Crippen molar-refractivity contribution in [3.63, 3.8) is 0 Å². The molecule has 0 radical (unpaired) electrons. The van der Waals surface area contributed by atoms with Crippen LogP contribution in [-0.2, 0) is 19.9 Å². The van der Waals surface area contributed by atoms with Crippen molar-refractivity contribution < 1.29 is 14.4 Å². The molecule has 2 N–H and O–H groups in total. The van der Waals surface area contributed by atoms with Gasteiger partial charge >= 0.3 is 0 Å². The summed E-state index contributed by atoms with van der Waals surface area (Å²) in [5.41, 5.74) is 0.765. The minimum atomic E-state index is -1.23. The molecule has 0 unspecified atom stereocenters. The highest BCUT2D eigenvalue weighted by Crippen LogP contribution is 2.53. The molecule has 2 saturated heterocycles. The monoisotopic (exact) mass is 397 g/mol. The average molecular weight is 397 g/mol. The van der Waals surface area contributed by atoms with Crippen molar-refractivity contribution in [2.24, 2.45) is 11.8 Å². The van der Waals surface area contributed by atoms with Gasteiger partial charge in [0.2, 0.25) is 17.7 Å². The van der Waals surface area contributed by atoms with Crippen LogP contribution in [0.25, 0.3) is 10.8 Å². The molecule has 0 aromatic heterocycles. The third-order valence-electron chi connectivity index (χ3n) is 6.78. The summed E-state index contributed by atoms with van der Waals surface area (Å²) in [5, 5.41) is 8.02. The highest BCUT2D eigenvalue weighted by molar-refractivity contribution is 6.27. The largest absolute Gasteiger partial charge is 0.324 e. The molecule has 1 spiro atoms. The van der Waals surface area contributed by atoms with E-state index in [0.29, 0.717) is 11.4 Å². The molecule has 0 saturated carbocycles. The Labute approximate surface area is 172 Å².